The Labute approximate surface area is 91.0 Å². The van der Waals surface area contributed by atoms with E-state index in [1.807, 2.05) is 0 Å². The van der Waals surface area contributed by atoms with Crippen LogP contribution >= 0.6 is 0 Å². The third-order valence-electron chi connectivity index (χ3n) is 1.29. The Bertz CT molecular complexity index is 271. The van der Waals surface area contributed by atoms with Gasteiger partial charge in [-0.15, -0.1) is 12.1 Å². The number of halogens is 1. The van der Waals surface area contributed by atoms with Crippen LogP contribution in [0, 0.1) is 11.9 Å². The molecule has 1 rings (SSSR count). The molecule has 0 heterocycles. The maximum absolute atomic E-state index is 12.3. The van der Waals surface area contributed by atoms with Crippen molar-refractivity contribution in [2.45, 2.75) is 6.92 Å². The first kappa shape index (κ1) is 12.3. The van der Waals surface area contributed by atoms with E-state index in [1.54, 1.807) is 6.92 Å². The summed E-state index contributed by atoms with van der Waals surface area (Å²) in [6.07, 6.45) is 0. The van der Waals surface area contributed by atoms with E-state index in [0.717, 1.165) is 0 Å². The normalized spacial score (nSPS) is 8.77. The van der Waals surface area contributed by atoms with Crippen molar-refractivity contribution >= 4 is 5.97 Å². The predicted molar refractivity (Wildman–Crippen MR) is 41.2 cm³/mol. The average Bonchev–Trinajstić information content (AvgIpc) is 2.06. The van der Waals surface area contributed by atoms with Crippen LogP contribution in [0.2, 0.25) is 0 Å². The maximum atomic E-state index is 12.3. The third-order valence-corrected chi connectivity index (χ3v) is 1.29. The fraction of sp³-hybridized carbons (Fsp3) is 0.222. The number of carbonyl (C=O) groups is 1. The molecule has 4 heteroatoms. The number of ether oxygens (including phenoxy) is 1. The summed E-state index contributed by atoms with van der Waals surface area (Å²) in [5.41, 5.74) is 0.318. The molecule has 68 valence electrons. The van der Waals surface area contributed by atoms with Crippen molar-refractivity contribution in [1.82, 2.24) is 0 Å². The van der Waals surface area contributed by atoms with E-state index in [2.05, 4.69) is 10.8 Å². The Kier molecular flexibility index (Phi) is 5.59. The van der Waals surface area contributed by atoms with Crippen LogP contribution in [0.15, 0.2) is 18.2 Å². The topological polar surface area (TPSA) is 26.3 Å². The summed E-state index contributed by atoms with van der Waals surface area (Å²) in [5, 5.41) is 0. The van der Waals surface area contributed by atoms with Crippen molar-refractivity contribution in [2.75, 3.05) is 6.61 Å². The standard InChI is InChI=1S/C9H8FO2.Ti/c1-2-12-9(11)7-3-5-8(10)6-4-7;/h3-5H,2H2,1H3;/q-1;. The van der Waals surface area contributed by atoms with Gasteiger partial charge in [0.2, 0.25) is 0 Å². The van der Waals surface area contributed by atoms with Crippen molar-refractivity contribution < 1.29 is 35.6 Å². The molecule has 1 aromatic carbocycles. The first-order valence-electron chi connectivity index (χ1n) is 3.58. The van der Waals surface area contributed by atoms with Crippen LogP contribution in [0.3, 0.4) is 0 Å². The molecule has 0 radical (unpaired) electrons. The average molecular weight is 215 g/mol. The van der Waals surface area contributed by atoms with Crippen LogP contribution in [-0.4, -0.2) is 12.6 Å². The largest absolute Gasteiger partial charge is 0.472 e. The van der Waals surface area contributed by atoms with Crippen LogP contribution in [0.5, 0.6) is 0 Å². The minimum Gasteiger partial charge on any atom is -0.472 e. The van der Waals surface area contributed by atoms with Gasteiger partial charge in [-0.3, -0.25) is 4.79 Å². The van der Waals surface area contributed by atoms with E-state index in [9.17, 15) is 9.18 Å². The number of benzene rings is 1. The van der Waals surface area contributed by atoms with Gasteiger partial charge in [-0.1, -0.05) is 5.56 Å². The summed E-state index contributed by atoms with van der Waals surface area (Å²) in [5.74, 6) is -0.934. The molecule has 0 saturated heterocycles. The van der Waals surface area contributed by atoms with Gasteiger partial charge in [0.15, 0.2) is 0 Å². The smallest absolute Gasteiger partial charge is 0.281 e. The summed E-state index contributed by atoms with van der Waals surface area (Å²) in [6.45, 7) is 2.03. The molecule has 13 heavy (non-hydrogen) atoms. The molecule has 0 bridgehead atoms. The van der Waals surface area contributed by atoms with Gasteiger partial charge in [0, 0.05) is 27.5 Å². The number of rotatable bonds is 2. The van der Waals surface area contributed by atoms with E-state index in [-0.39, 0.29) is 21.7 Å². The van der Waals surface area contributed by atoms with Gasteiger partial charge in [-0.2, -0.15) is 12.1 Å². The number of esters is 1. The zero-order valence-corrected chi connectivity index (χ0v) is 8.70. The fourth-order valence-electron chi connectivity index (χ4n) is 0.747. The Balaban J connectivity index is 0.00000144. The Morgan fingerprint density at radius 1 is 1.62 bits per heavy atom. The zero-order valence-electron chi connectivity index (χ0n) is 7.13. The molecule has 0 amide bonds. The van der Waals surface area contributed by atoms with Crippen LogP contribution in [0.4, 0.5) is 4.39 Å². The molecule has 0 aliphatic heterocycles. The first-order chi connectivity index (χ1) is 5.74. The second-order valence-electron chi connectivity index (χ2n) is 2.15. The summed E-state index contributed by atoms with van der Waals surface area (Å²) in [6, 6.07) is 6.08. The van der Waals surface area contributed by atoms with Crippen LogP contribution in [-0.2, 0) is 26.5 Å². The van der Waals surface area contributed by atoms with Crippen LogP contribution in [0.25, 0.3) is 0 Å². The van der Waals surface area contributed by atoms with Gasteiger partial charge < -0.3 is 4.74 Å². The predicted octanol–water partition coefficient (Wildman–Crippen LogP) is 1.80. The Morgan fingerprint density at radius 3 is 2.77 bits per heavy atom. The molecule has 1 aromatic rings. The quantitative estimate of drug-likeness (QED) is 0.427. The molecule has 0 atom stereocenters. The van der Waals surface area contributed by atoms with Crippen LogP contribution in [0.1, 0.15) is 17.3 Å². The first-order valence-corrected chi connectivity index (χ1v) is 3.58. The van der Waals surface area contributed by atoms with E-state index in [0.29, 0.717) is 12.2 Å². The maximum Gasteiger partial charge on any atom is 0.281 e. The molecule has 0 spiro atoms. The number of carbonyl (C=O) groups excluding carboxylic acids is 1. The van der Waals surface area contributed by atoms with E-state index < -0.39 is 11.8 Å². The van der Waals surface area contributed by atoms with Gasteiger partial charge in [0.1, 0.15) is 0 Å². The number of hydrogen-bond donors (Lipinski definition) is 0. The molecular weight excluding hydrogens is 207 g/mol. The molecule has 0 N–H and O–H groups in total. The van der Waals surface area contributed by atoms with E-state index in [4.69, 9.17) is 0 Å². The van der Waals surface area contributed by atoms with Gasteiger partial charge in [0.05, 0.1) is 6.61 Å². The van der Waals surface area contributed by atoms with Crippen molar-refractivity contribution in [3.05, 3.63) is 35.6 Å². The van der Waals surface area contributed by atoms with Gasteiger partial charge in [-0.05, 0) is 6.92 Å². The van der Waals surface area contributed by atoms with E-state index in [1.165, 1.54) is 18.2 Å². The van der Waals surface area contributed by atoms with Crippen molar-refractivity contribution in [3.63, 3.8) is 0 Å². The van der Waals surface area contributed by atoms with Crippen molar-refractivity contribution in [3.8, 4) is 0 Å². The summed E-state index contributed by atoms with van der Waals surface area (Å²) in [4.78, 5) is 11.0. The fourth-order valence-corrected chi connectivity index (χ4v) is 0.747. The molecule has 0 aromatic heterocycles. The van der Waals surface area contributed by atoms with Crippen molar-refractivity contribution in [1.29, 1.82) is 0 Å². The second-order valence-corrected chi connectivity index (χ2v) is 2.15. The van der Waals surface area contributed by atoms with Crippen LogP contribution < -0.4 is 0 Å². The molecule has 2 nitrogen and oxygen atoms in total. The summed E-state index contributed by atoms with van der Waals surface area (Å²) in [7, 11) is 0. The zero-order chi connectivity index (χ0) is 8.97. The molecule has 0 unspecified atom stereocenters. The monoisotopic (exact) mass is 215 g/mol. The third kappa shape index (κ3) is 3.70. The molecular formula is C9H8FO2Ti-. The molecule has 0 fully saturated rings. The Morgan fingerprint density at radius 2 is 2.31 bits per heavy atom. The summed E-state index contributed by atoms with van der Waals surface area (Å²) < 4.78 is 17.0. The van der Waals surface area contributed by atoms with Gasteiger partial charge in [0.25, 0.3) is 5.97 Å². The van der Waals surface area contributed by atoms with Crippen molar-refractivity contribution in [2.24, 2.45) is 0 Å². The Hall–Kier alpha value is -0.666. The second kappa shape index (κ2) is 5.89. The minimum atomic E-state index is -0.483. The van der Waals surface area contributed by atoms with E-state index >= 15 is 0 Å². The molecule has 0 aliphatic carbocycles. The van der Waals surface area contributed by atoms with Gasteiger partial charge >= 0.3 is 0 Å². The van der Waals surface area contributed by atoms with Gasteiger partial charge in [-0.25, -0.2) is 4.39 Å². The number of hydrogen-bond acceptors (Lipinski definition) is 2. The molecule has 0 aliphatic rings. The molecule has 0 saturated carbocycles. The minimum absolute atomic E-state index is 0. The SMILES string of the molecule is CCOC(=O)c1c[c-]c(F)cc1.[Ti]. The summed E-state index contributed by atoms with van der Waals surface area (Å²) >= 11 is 0.